The van der Waals surface area contributed by atoms with E-state index in [1.165, 1.54) is 6.92 Å². The number of para-hydroxylation sites is 1. The van der Waals surface area contributed by atoms with E-state index >= 15 is 0 Å². The highest BCUT2D eigenvalue weighted by Crippen LogP contribution is 2.16. The summed E-state index contributed by atoms with van der Waals surface area (Å²) in [6, 6.07) is 6.27. The van der Waals surface area contributed by atoms with Gasteiger partial charge >= 0.3 is 0 Å². The highest BCUT2D eigenvalue weighted by molar-refractivity contribution is 7.90. The molecule has 94 valence electrons. The van der Waals surface area contributed by atoms with Crippen LogP contribution in [0.25, 0.3) is 0 Å². The minimum absolute atomic E-state index is 0.187. The molecule has 0 bridgehead atoms. The van der Waals surface area contributed by atoms with Gasteiger partial charge in [-0.15, -0.1) is 0 Å². The molecule has 0 saturated carbocycles. The molecule has 0 amide bonds. The van der Waals surface area contributed by atoms with Gasteiger partial charge in [0.15, 0.2) is 5.78 Å². The van der Waals surface area contributed by atoms with Crippen LogP contribution in [0, 0.1) is 0 Å². The van der Waals surface area contributed by atoms with Crippen LogP contribution < -0.4 is 9.44 Å². The van der Waals surface area contributed by atoms with Crippen molar-refractivity contribution >= 4 is 21.7 Å². The van der Waals surface area contributed by atoms with E-state index in [-0.39, 0.29) is 17.5 Å². The zero-order valence-electron chi connectivity index (χ0n) is 10.0. The number of benzene rings is 1. The molecule has 0 heterocycles. The van der Waals surface area contributed by atoms with Crippen LogP contribution in [0.15, 0.2) is 24.3 Å². The van der Waals surface area contributed by atoms with Crippen LogP contribution in [-0.4, -0.2) is 20.2 Å². The first-order valence-electron chi connectivity index (χ1n) is 5.22. The van der Waals surface area contributed by atoms with Crippen LogP contribution in [-0.2, 0) is 10.2 Å². The topological polar surface area (TPSA) is 75.3 Å². The minimum Gasteiger partial charge on any atom is -0.294 e. The molecule has 1 aromatic rings. The monoisotopic (exact) mass is 256 g/mol. The third-order valence-corrected chi connectivity index (χ3v) is 3.21. The van der Waals surface area contributed by atoms with Crippen LogP contribution in [0.3, 0.4) is 0 Å². The van der Waals surface area contributed by atoms with Gasteiger partial charge in [0, 0.05) is 11.6 Å². The van der Waals surface area contributed by atoms with Crippen LogP contribution in [0.2, 0.25) is 0 Å². The Morgan fingerprint density at radius 2 is 1.82 bits per heavy atom. The van der Waals surface area contributed by atoms with Gasteiger partial charge in [-0.05, 0) is 32.9 Å². The number of ketones is 1. The smallest absolute Gasteiger partial charge is 0.294 e. The second-order valence-corrected chi connectivity index (χ2v) is 5.43. The average molecular weight is 256 g/mol. The van der Waals surface area contributed by atoms with Crippen molar-refractivity contribution in [2.75, 3.05) is 4.72 Å². The molecule has 0 aliphatic carbocycles. The lowest BCUT2D eigenvalue weighted by Crippen LogP contribution is -2.35. The third kappa shape index (κ3) is 4.16. The van der Waals surface area contributed by atoms with Crippen molar-refractivity contribution in [2.24, 2.45) is 0 Å². The summed E-state index contributed by atoms with van der Waals surface area (Å²) < 4.78 is 28.0. The highest BCUT2D eigenvalue weighted by atomic mass is 32.2. The summed E-state index contributed by atoms with van der Waals surface area (Å²) in [5, 5.41) is 0. The quantitative estimate of drug-likeness (QED) is 0.785. The Labute approximate surface area is 101 Å². The number of anilines is 1. The summed E-state index contributed by atoms with van der Waals surface area (Å²) in [6.07, 6.45) is 0. The van der Waals surface area contributed by atoms with Crippen LogP contribution in [0.1, 0.15) is 31.1 Å². The van der Waals surface area contributed by atoms with Gasteiger partial charge in [0.1, 0.15) is 0 Å². The van der Waals surface area contributed by atoms with Crippen molar-refractivity contribution in [3.8, 4) is 0 Å². The Kier molecular flexibility index (Phi) is 4.25. The van der Waals surface area contributed by atoms with Gasteiger partial charge in [-0.3, -0.25) is 9.52 Å². The lowest BCUT2D eigenvalue weighted by Gasteiger charge is -2.13. The van der Waals surface area contributed by atoms with Gasteiger partial charge in [0.25, 0.3) is 10.2 Å². The second-order valence-electron chi connectivity index (χ2n) is 3.98. The molecule has 17 heavy (non-hydrogen) atoms. The molecular weight excluding hydrogens is 240 g/mol. The average Bonchev–Trinajstić information content (AvgIpc) is 2.14. The number of Topliss-reactive ketones (excluding diaryl/α,β-unsaturated/α-hetero) is 1. The Hall–Kier alpha value is -1.40. The number of hydrogen-bond acceptors (Lipinski definition) is 3. The summed E-state index contributed by atoms with van der Waals surface area (Å²) >= 11 is 0. The Morgan fingerprint density at radius 3 is 2.35 bits per heavy atom. The molecule has 0 unspecified atom stereocenters. The molecule has 5 nitrogen and oxygen atoms in total. The van der Waals surface area contributed by atoms with E-state index in [4.69, 9.17) is 0 Å². The van der Waals surface area contributed by atoms with Crippen LogP contribution in [0.4, 0.5) is 5.69 Å². The molecule has 0 aliphatic heterocycles. The summed E-state index contributed by atoms with van der Waals surface area (Å²) in [4.78, 5) is 11.3. The summed E-state index contributed by atoms with van der Waals surface area (Å²) in [6.45, 7) is 4.83. The fourth-order valence-electron chi connectivity index (χ4n) is 1.36. The predicted octanol–water partition coefficient (Wildman–Crippen LogP) is 1.54. The molecule has 0 fully saturated rings. The predicted molar refractivity (Wildman–Crippen MR) is 67.3 cm³/mol. The molecule has 1 rings (SSSR count). The second kappa shape index (κ2) is 5.29. The van der Waals surface area contributed by atoms with Crippen molar-refractivity contribution < 1.29 is 13.2 Å². The largest absolute Gasteiger partial charge is 0.299 e. The lowest BCUT2D eigenvalue weighted by atomic mass is 10.1. The molecule has 0 aliphatic rings. The normalized spacial score (nSPS) is 11.5. The fraction of sp³-hybridized carbons (Fsp3) is 0.364. The Morgan fingerprint density at radius 1 is 1.24 bits per heavy atom. The maximum Gasteiger partial charge on any atom is 0.299 e. The highest BCUT2D eigenvalue weighted by Gasteiger charge is 2.14. The van der Waals surface area contributed by atoms with Crippen LogP contribution in [0.5, 0.6) is 0 Å². The molecule has 0 atom stereocenters. The number of hydrogen-bond donors (Lipinski definition) is 2. The van der Waals surface area contributed by atoms with E-state index in [1.54, 1.807) is 38.1 Å². The van der Waals surface area contributed by atoms with Crippen molar-refractivity contribution in [1.82, 2.24) is 4.72 Å². The zero-order valence-corrected chi connectivity index (χ0v) is 10.8. The molecule has 0 radical (unpaired) electrons. The molecule has 1 aromatic carbocycles. The van der Waals surface area contributed by atoms with Crippen molar-refractivity contribution in [1.29, 1.82) is 0 Å². The van der Waals surface area contributed by atoms with Gasteiger partial charge in [0.2, 0.25) is 0 Å². The molecule has 0 spiro atoms. The first kappa shape index (κ1) is 13.7. The summed E-state index contributed by atoms with van der Waals surface area (Å²) in [5.74, 6) is -0.187. The SMILES string of the molecule is CC(=O)c1ccccc1NS(=O)(=O)NC(C)C. The van der Waals surface area contributed by atoms with Gasteiger partial charge in [-0.1, -0.05) is 12.1 Å². The number of rotatable bonds is 5. The van der Waals surface area contributed by atoms with E-state index in [0.717, 1.165) is 0 Å². The summed E-state index contributed by atoms with van der Waals surface area (Å²) in [7, 11) is -3.64. The van der Waals surface area contributed by atoms with Gasteiger partial charge in [0.05, 0.1) is 5.69 Å². The van der Waals surface area contributed by atoms with Gasteiger partial charge in [-0.2, -0.15) is 13.1 Å². The van der Waals surface area contributed by atoms with Crippen molar-refractivity contribution in [3.63, 3.8) is 0 Å². The zero-order chi connectivity index (χ0) is 13.1. The van der Waals surface area contributed by atoms with E-state index in [1.807, 2.05) is 0 Å². The lowest BCUT2D eigenvalue weighted by molar-refractivity contribution is 0.101. The Balaban J connectivity index is 3.00. The minimum atomic E-state index is -3.64. The number of nitrogens with one attached hydrogen (secondary N) is 2. The molecule has 2 N–H and O–H groups in total. The maximum absolute atomic E-state index is 11.7. The van der Waals surface area contributed by atoms with Crippen molar-refractivity contribution in [3.05, 3.63) is 29.8 Å². The standard InChI is InChI=1S/C11H16N2O3S/c1-8(2)12-17(15,16)13-11-7-5-4-6-10(11)9(3)14/h4-8,12-13H,1-3H3. The number of carbonyl (C=O) groups excluding carboxylic acids is 1. The first-order chi connectivity index (χ1) is 7.82. The molecule has 0 saturated heterocycles. The fourth-order valence-corrected chi connectivity index (χ4v) is 2.51. The Bertz CT molecular complexity index is 509. The van der Waals surface area contributed by atoms with E-state index < -0.39 is 10.2 Å². The van der Waals surface area contributed by atoms with Crippen molar-refractivity contribution in [2.45, 2.75) is 26.8 Å². The van der Waals surface area contributed by atoms with E-state index in [2.05, 4.69) is 9.44 Å². The molecular formula is C11H16N2O3S. The third-order valence-electron chi connectivity index (χ3n) is 1.94. The first-order valence-corrected chi connectivity index (χ1v) is 6.70. The van der Waals surface area contributed by atoms with E-state index in [0.29, 0.717) is 5.56 Å². The molecule has 6 heteroatoms. The van der Waals surface area contributed by atoms with Gasteiger partial charge < -0.3 is 0 Å². The number of carbonyl (C=O) groups is 1. The maximum atomic E-state index is 11.7. The molecule has 0 aromatic heterocycles. The van der Waals surface area contributed by atoms with Gasteiger partial charge in [-0.25, -0.2) is 0 Å². The van der Waals surface area contributed by atoms with Crippen LogP contribution >= 0.6 is 0 Å². The van der Waals surface area contributed by atoms with E-state index in [9.17, 15) is 13.2 Å². The summed E-state index contributed by atoms with van der Waals surface area (Å²) in [5.41, 5.74) is 0.634.